The molecule has 160 valence electrons. The van der Waals surface area contributed by atoms with Crippen LogP contribution in [-0.4, -0.2) is 24.8 Å². The summed E-state index contributed by atoms with van der Waals surface area (Å²) in [5.74, 6) is -0.978. The first-order chi connectivity index (χ1) is 15.4. The predicted octanol–water partition coefficient (Wildman–Crippen LogP) is 4.37. The van der Waals surface area contributed by atoms with Crippen LogP contribution in [0, 0.1) is 6.92 Å². The standard InChI is InChI=1S/C26H23N3O3/c1-17-9-11-19(12-10-17)23-24(28(3)21-7-5-4-6-8-21)26(32)29(25(23)31)22-15-13-20(14-16-22)27-18(2)30/h4-16H,1-3H3,(H,27,30). The zero-order valence-corrected chi connectivity index (χ0v) is 18.1. The van der Waals surface area contributed by atoms with E-state index in [9.17, 15) is 14.4 Å². The van der Waals surface area contributed by atoms with E-state index in [-0.39, 0.29) is 11.8 Å². The Morgan fingerprint density at radius 1 is 0.844 bits per heavy atom. The van der Waals surface area contributed by atoms with Crippen LogP contribution < -0.4 is 15.1 Å². The molecule has 0 aliphatic carbocycles. The van der Waals surface area contributed by atoms with Crippen molar-refractivity contribution in [1.29, 1.82) is 0 Å². The molecule has 0 saturated carbocycles. The maximum absolute atomic E-state index is 13.6. The van der Waals surface area contributed by atoms with Crippen molar-refractivity contribution in [3.8, 4) is 0 Å². The molecule has 3 amide bonds. The van der Waals surface area contributed by atoms with E-state index in [1.807, 2.05) is 61.5 Å². The number of imide groups is 1. The number of carbonyl (C=O) groups is 3. The Hall–Kier alpha value is -4.19. The number of anilines is 3. The molecule has 0 unspecified atom stereocenters. The van der Waals surface area contributed by atoms with Crippen LogP contribution in [0.3, 0.4) is 0 Å². The zero-order chi connectivity index (χ0) is 22.8. The summed E-state index contributed by atoms with van der Waals surface area (Å²) in [5, 5.41) is 2.69. The van der Waals surface area contributed by atoms with Crippen molar-refractivity contribution in [3.05, 3.63) is 95.7 Å². The number of rotatable bonds is 5. The highest BCUT2D eigenvalue weighted by Gasteiger charge is 2.42. The lowest BCUT2D eigenvalue weighted by molar-refractivity contribution is -0.120. The average molecular weight is 425 g/mol. The second-order valence-corrected chi connectivity index (χ2v) is 7.66. The highest BCUT2D eigenvalue weighted by atomic mass is 16.2. The van der Waals surface area contributed by atoms with Crippen LogP contribution in [0.5, 0.6) is 0 Å². The van der Waals surface area contributed by atoms with Gasteiger partial charge in [0.05, 0.1) is 11.3 Å². The van der Waals surface area contributed by atoms with E-state index in [4.69, 9.17) is 0 Å². The maximum Gasteiger partial charge on any atom is 0.282 e. The zero-order valence-electron chi connectivity index (χ0n) is 18.1. The number of para-hydroxylation sites is 1. The average Bonchev–Trinajstić information content (AvgIpc) is 3.05. The summed E-state index contributed by atoms with van der Waals surface area (Å²) in [5.41, 5.74) is 4.25. The van der Waals surface area contributed by atoms with Gasteiger partial charge in [0.2, 0.25) is 5.91 Å². The summed E-state index contributed by atoms with van der Waals surface area (Å²) in [6.45, 7) is 3.39. The van der Waals surface area contributed by atoms with E-state index < -0.39 is 5.91 Å². The van der Waals surface area contributed by atoms with Crippen molar-refractivity contribution in [3.63, 3.8) is 0 Å². The summed E-state index contributed by atoms with van der Waals surface area (Å²) in [7, 11) is 1.79. The molecule has 1 heterocycles. The topological polar surface area (TPSA) is 69.7 Å². The van der Waals surface area contributed by atoms with Crippen LogP contribution in [-0.2, 0) is 14.4 Å². The van der Waals surface area contributed by atoms with Crippen molar-refractivity contribution in [2.45, 2.75) is 13.8 Å². The van der Waals surface area contributed by atoms with Gasteiger partial charge in [0.15, 0.2) is 0 Å². The molecule has 1 aliphatic rings. The molecule has 1 N–H and O–H groups in total. The van der Waals surface area contributed by atoms with Gasteiger partial charge in [0, 0.05) is 25.3 Å². The molecule has 0 bridgehead atoms. The molecule has 0 saturated heterocycles. The largest absolute Gasteiger partial charge is 0.339 e. The number of nitrogens with zero attached hydrogens (tertiary/aromatic N) is 2. The number of amides is 3. The Balaban J connectivity index is 1.79. The number of benzene rings is 3. The number of hydrogen-bond donors (Lipinski definition) is 1. The van der Waals surface area contributed by atoms with Crippen LogP contribution in [0.25, 0.3) is 5.57 Å². The van der Waals surface area contributed by atoms with Crippen LogP contribution in [0.2, 0.25) is 0 Å². The van der Waals surface area contributed by atoms with Gasteiger partial charge in [-0.15, -0.1) is 0 Å². The molecule has 0 fully saturated rings. The van der Waals surface area contributed by atoms with Crippen LogP contribution in [0.4, 0.5) is 17.1 Å². The molecule has 6 nitrogen and oxygen atoms in total. The van der Waals surface area contributed by atoms with Gasteiger partial charge in [0.1, 0.15) is 5.70 Å². The summed E-state index contributed by atoms with van der Waals surface area (Å²) in [6.07, 6.45) is 0. The first kappa shape index (κ1) is 21.1. The highest BCUT2D eigenvalue weighted by molar-refractivity contribution is 6.46. The minimum Gasteiger partial charge on any atom is -0.339 e. The Kier molecular flexibility index (Phi) is 5.60. The molecule has 0 spiro atoms. The van der Waals surface area contributed by atoms with Gasteiger partial charge in [-0.2, -0.15) is 0 Å². The fraction of sp³-hybridized carbons (Fsp3) is 0.115. The smallest absolute Gasteiger partial charge is 0.282 e. The van der Waals surface area contributed by atoms with Crippen molar-refractivity contribution in [1.82, 2.24) is 0 Å². The number of aryl methyl sites for hydroxylation is 1. The maximum atomic E-state index is 13.6. The van der Waals surface area contributed by atoms with Gasteiger partial charge >= 0.3 is 0 Å². The number of carbonyl (C=O) groups excluding carboxylic acids is 3. The fourth-order valence-electron chi connectivity index (χ4n) is 3.72. The van der Waals surface area contributed by atoms with Crippen molar-refractivity contribution < 1.29 is 14.4 Å². The Morgan fingerprint density at radius 2 is 1.47 bits per heavy atom. The van der Waals surface area contributed by atoms with Crippen molar-refractivity contribution in [2.24, 2.45) is 0 Å². The molecule has 0 atom stereocenters. The second-order valence-electron chi connectivity index (χ2n) is 7.66. The van der Waals surface area contributed by atoms with Crippen LogP contribution in [0.1, 0.15) is 18.1 Å². The van der Waals surface area contributed by atoms with Crippen molar-refractivity contribution in [2.75, 3.05) is 22.2 Å². The SMILES string of the molecule is CC(=O)Nc1ccc(N2C(=O)C(c3ccc(C)cc3)=C(N(C)c3ccccc3)C2=O)cc1. The molecule has 3 aromatic carbocycles. The molecule has 32 heavy (non-hydrogen) atoms. The quantitative estimate of drug-likeness (QED) is 0.616. The highest BCUT2D eigenvalue weighted by Crippen LogP contribution is 2.36. The molecular weight excluding hydrogens is 402 g/mol. The Bertz CT molecular complexity index is 1210. The Morgan fingerprint density at radius 3 is 2.06 bits per heavy atom. The third-order valence-electron chi connectivity index (χ3n) is 5.32. The fourth-order valence-corrected chi connectivity index (χ4v) is 3.72. The molecule has 1 aliphatic heterocycles. The lowest BCUT2D eigenvalue weighted by Gasteiger charge is -2.21. The number of likely N-dealkylation sites (N-methyl/N-ethyl adjacent to an activating group) is 1. The van der Waals surface area contributed by atoms with Gasteiger partial charge in [-0.3, -0.25) is 14.4 Å². The van der Waals surface area contributed by atoms with Crippen molar-refractivity contribution >= 4 is 40.4 Å². The van der Waals surface area contributed by atoms with E-state index in [0.717, 1.165) is 11.3 Å². The van der Waals surface area contributed by atoms with Gasteiger partial charge in [-0.05, 0) is 48.9 Å². The van der Waals surface area contributed by atoms with Gasteiger partial charge in [-0.1, -0.05) is 48.0 Å². The van der Waals surface area contributed by atoms with E-state index in [1.165, 1.54) is 11.8 Å². The summed E-state index contributed by atoms with van der Waals surface area (Å²) < 4.78 is 0. The summed E-state index contributed by atoms with van der Waals surface area (Å²) in [4.78, 5) is 41.4. The van der Waals surface area contributed by atoms with E-state index in [0.29, 0.717) is 28.2 Å². The molecular formula is C26H23N3O3. The minimum absolute atomic E-state index is 0.193. The van der Waals surface area contributed by atoms with Gasteiger partial charge in [0.25, 0.3) is 11.8 Å². The molecule has 0 radical (unpaired) electrons. The van der Waals surface area contributed by atoms with E-state index in [1.54, 1.807) is 36.2 Å². The lowest BCUT2D eigenvalue weighted by Crippen LogP contribution is -2.34. The third kappa shape index (κ3) is 3.90. The molecule has 6 heteroatoms. The molecule has 3 aromatic rings. The second kappa shape index (κ2) is 8.51. The van der Waals surface area contributed by atoms with Crippen LogP contribution in [0.15, 0.2) is 84.6 Å². The summed E-state index contributed by atoms with van der Waals surface area (Å²) in [6, 6.07) is 23.7. The lowest BCUT2D eigenvalue weighted by atomic mass is 10.0. The minimum atomic E-state index is -0.399. The molecule has 0 aromatic heterocycles. The predicted molar refractivity (Wildman–Crippen MR) is 126 cm³/mol. The van der Waals surface area contributed by atoms with Crippen LogP contribution >= 0.6 is 0 Å². The first-order valence-corrected chi connectivity index (χ1v) is 10.2. The third-order valence-corrected chi connectivity index (χ3v) is 5.32. The first-order valence-electron chi connectivity index (χ1n) is 10.2. The number of nitrogens with one attached hydrogen (secondary N) is 1. The monoisotopic (exact) mass is 425 g/mol. The number of hydrogen-bond acceptors (Lipinski definition) is 4. The van der Waals surface area contributed by atoms with Gasteiger partial charge in [-0.25, -0.2) is 4.90 Å². The Labute approximate surface area is 186 Å². The summed E-state index contributed by atoms with van der Waals surface area (Å²) >= 11 is 0. The van der Waals surface area contributed by atoms with E-state index >= 15 is 0 Å². The molecule has 4 rings (SSSR count). The van der Waals surface area contributed by atoms with E-state index in [2.05, 4.69) is 5.32 Å². The van der Waals surface area contributed by atoms with Gasteiger partial charge < -0.3 is 10.2 Å². The normalized spacial score (nSPS) is 13.5.